The molecule has 0 heterocycles. The highest BCUT2D eigenvalue weighted by atomic mass is 35.5. The monoisotopic (exact) mass is 367 g/mol. The molecule has 1 unspecified atom stereocenters. The third-order valence-electron chi connectivity index (χ3n) is 3.48. The van der Waals surface area contributed by atoms with Gasteiger partial charge in [0.2, 0.25) is 0 Å². The standard InChI is InChI=1S/C18H19Cl2NO3/c19-17(20)16(22)15(11-13-7-3-1-4-8-13)21-18(23)24-12-14-9-5-2-6-10-14/h1-10,15-17,22H,11-12H2,(H,21,23)/t15-,16?/m0/s1. The van der Waals surface area contributed by atoms with Gasteiger partial charge in [-0.2, -0.15) is 0 Å². The smallest absolute Gasteiger partial charge is 0.407 e. The lowest BCUT2D eigenvalue weighted by atomic mass is 10.0. The molecule has 0 saturated heterocycles. The molecule has 128 valence electrons. The van der Waals surface area contributed by atoms with Crippen LogP contribution in [0.4, 0.5) is 4.79 Å². The lowest BCUT2D eigenvalue weighted by Crippen LogP contribution is -2.47. The van der Waals surface area contributed by atoms with Gasteiger partial charge in [-0.15, -0.1) is 23.2 Å². The molecule has 4 nitrogen and oxygen atoms in total. The number of alkyl halides is 2. The molecular weight excluding hydrogens is 349 g/mol. The number of ether oxygens (including phenoxy) is 1. The Hall–Kier alpha value is -1.75. The molecule has 2 N–H and O–H groups in total. The van der Waals surface area contributed by atoms with E-state index in [1.807, 2.05) is 60.7 Å². The van der Waals surface area contributed by atoms with E-state index in [-0.39, 0.29) is 6.61 Å². The van der Waals surface area contributed by atoms with Crippen LogP contribution in [0.15, 0.2) is 60.7 Å². The molecule has 0 aromatic heterocycles. The largest absolute Gasteiger partial charge is 0.445 e. The van der Waals surface area contributed by atoms with E-state index in [4.69, 9.17) is 27.9 Å². The summed E-state index contributed by atoms with van der Waals surface area (Å²) in [5, 5.41) is 12.8. The second-order valence-corrected chi connectivity index (χ2v) is 6.49. The highest BCUT2D eigenvalue weighted by Crippen LogP contribution is 2.15. The molecule has 0 fully saturated rings. The molecule has 0 aliphatic rings. The number of hydrogen-bond donors (Lipinski definition) is 2. The second kappa shape index (κ2) is 9.52. The maximum atomic E-state index is 12.0. The van der Waals surface area contributed by atoms with Gasteiger partial charge in [0.15, 0.2) is 0 Å². The Kier molecular flexibility index (Phi) is 7.37. The molecule has 2 aromatic rings. The first kappa shape index (κ1) is 18.6. The number of halogens is 2. The Morgan fingerprint density at radius 2 is 1.54 bits per heavy atom. The van der Waals surface area contributed by atoms with Crippen molar-refractivity contribution in [2.24, 2.45) is 0 Å². The summed E-state index contributed by atoms with van der Waals surface area (Å²) < 4.78 is 5.18. The fraction of sp³-hybridized carbons (Fsp3) is 0.278. The molecule has 24 heavy (non-hydrogen) atoms. The van der Waals surface area contributed by atoms with Crippen molar-refractivity contribution >= 4 is 29.3 Å². The summed E-state index contributed by atoms with van der Waals surface area (Å²) in [7, 11) is 0. The average molecular weight is 368 g/mol. The zero-order chi connectivity index (χ0) is 17.4. The van der Waals surface area contributed by atoms with Gasteiger partial charge in [0.25, 0.3) is 0 Å². The van der Waals surface area contributed by atoms with Crippen molar-refractivity contribution in [1.29, 1.82) is 0 Å². The van der Waals surface area contributed by atoms with Gasteiger partial charge in [0.05, 0.1) is 6.04 Å². The first-order chi connectivity index (χ1) is 11.6. The summed E-state index contributed by atoms with van der Waals surface area (Å²) in [6.07, 6.45) is -1.36. The highest BCUT2D eigenvalue weighted by molar-refractivity contribution is 6.44. The molecule has 0 spiro atoms. The van der Waals surface area contributed by atoms with Gasteiger partial charge in [0.1, 0.15) is 17.5 Å². The van der Waals surface area contributed by atoms with Gasteiger partial charge in [0, 0.05) is 0 Å². The van der Waals surface area contributed by atoms with Crippen molar-refractivity contribution in [3.63, 3.8) is 0 Å². The van der Waals surface area contributed by atoms with Crippen molar-refractivity contribution in [1.82, 2.24) is 5.32 Å². The molecular formula is C18H19Cl2NO3. The Bertz CT molecular complexity index is 623. The van der Waals surface area contributed by atoms with Crippen LogP contribution < -0.4 is 5.32 Å². The van der Waals surface area contributed by atoms with Gasteiger partial charge < -0.3 is 15.2 Å². The average Bonchev–Trinajstić information content (AvgIpc) is 2.60. The van der Waals surface area contributed by atoms with E-state index >= 15 is 0 Å². The van der Waals surface area contributed by atoms with Gasteiger partial charge in [-0.25, -0.2) is 4.79 Å². The number of alkyl carbamates (subject to hydrolysis) is 1. The van der Waals surface area contributed by atoms with Crippen LogP contribution in [-0.4, -0.2) is 28.2 Å². The summed E-state index contributed by atoms with van der Waals surface area (Å²) in [6, 6.07) is 18.1. The maximum absolute atomic E-state index is 12.0. The minimum Gasteiger partial charge on any atom is -0.445 e. The number of nitrogens with one attached hydrogen (secondary N) is 1. The van der Waals surface area contributed by atoms with Crippen LogP contribution in [0.1, 0.15) is 11.1 Å². The van der Waals surface area contributed by atoms with E-state index in [1.165, 1.54) is 0 Å². The van der Waals surface area contributed by atoms with Crippen LogP contribution in [0.25, 0.3) is 0 Å². The summed E-state index contributed by atoms with van der Waals surface area (Å²) >= 11 is 11.5. The van der Waals surface area contributed by atoms with E-state index in [0.717, 1.165) is 11.1 Å². The van der Waals surface area contributed by atoms with Crippen LogP contribution in [0.2, 0.25) is 0 Å². The lowest BCUT2D eigenvalue weighted by Gasteiger charge is -2.24. The Morgan fingerprint density at radius 1 is 1.00 bits per heavy atom. The first-order valence-corrected chi connectivity index (χ1v) is 8.41. The Morgan fingerprint density at radius 3 is 2.08 bits per heavy atom. The van der Waals surface area contributed by atoms with E-state index < -0.39 is 23.1 Å². The van der Waals surface area contributed by atoms with Crippen LogP contribution in [0.3, 0.4) is 0 Å². The van der Waals surface area contributed by atoms with E-state index in [9.17, 15) is 9.90 Å². The van der Waals surface area contributed by atoms with Crippen LogP contribution in [0, 0.1) is 0 Å². The van der Waals surface area contributed by atoms with Crippen LogP contribution >= 0.6 is 23.2 Å². The molecule has 0 aliphatic heterocycles. The fourth-order valence-electron chi connectivity index (χ4n) is 2.22. The highest BCUT2D eigenvalue weighted by Gasteiger charge is 2.27. The summed E-state index contributed by atoms with van der Waals surface area (Å²) in [6.45, 7) is 0.145. The number of amides is 1. The van der Waals surface area contributed by atoms with Crippen molar-refractivity contribution < 1.29 is 14.6 Å². The minimum atomic E-state index is -1.11. The minimum absolute atomic E-state index is 0.145. The fourth-order valence-corrected chi connectivity index (χ4v) is 2.57. The SMILES string of the molecule is O=C(N[C@@H](Cc1ccccc1)C(O)C(Cl)Cl)OCc1ccccc1. The number of aliphatic hydroxyl groups is 1. The van der Waals surface area contributed by atoms with E-state index in [1.54, 1.807) is 0 Å². The normalized spacial score (nSPS) is 13.3. The van der Waals surface area contributed by atoms with Crippen molar-refractivity contribution in [2.45, 2.75) is 30.0 Å². The Balaban J connectivity index is 1.95. The molecule has 2 atom stereocenters. The molecule has 0 bridgehead atoms. The molecule has 2 aromatic carbocycles. The molecule has 6 heteroatoms. The maximum Gasteiger partial charge on any atom is 0.407 e. The van der Waals surface area contributed by atoms with Crippen molar-refractivity contribution in [3.05, 3.63) is 71.8 Å². The third kappa shape index (κ3) is 6.04. The van der Waals surface area contributed by atoms with Crippen LogP contribution in [0.5, 0.6) is 0 Å². The number of carbonyl (C=O) groups excluding carboxylic acids is 1. The zero-order valence-electron chi connectivity index (χ0n) is 12.9. The predicted octanol–water partition coefficient (Wildman–Crippen LogP) is 3.69. The van der Waals surface area contributed by atoms with Crippen molar-refractivity contribution in [2.75, 3.05) is 0 Å². The summed E-state index contributed by atoms with van der Waals surface area (Å²) in [5.41, 5.74) is 1.82. The van der Waals surface area contributed by atoms with E-state index in [2.05, 4.69) is 5.32 Å². The van der Waals surface area contributed by atoms with Gasteiger partial charge in [-0.05, 0) is 17.5 Å². The van der Waals surface area contributed by atoms with Crippen LogP contribution in [-0.2, 0) is 17.8 Å². The Labute approximate surface area is 151 Å². The van der Waals surface area contributed by atoms with Gasteiger partial charge in [-0.3, -0.25) is 0 Å². The molecule has 2 rings (SSSR count). The second-order valence-electron chi connectivity index (χ2n) is 5.33. The van der Waals surface area contributed by atoms with Crippen molar-refractivity contribution in [3.8, 4) is 0 Å². The lowest BCUT2D eigenvalue weighted by molar-refractivity contribution is 0.107. The predicted molar refractivity (Wildman–Crippen MR) is 95.2 cm³/mol. The summed E-state index contributed by atoms with van der Waals surface area (Å²) in [4.78, 5) is 11.0. The number of hydrogen-bond acceptors (Lipinski definition) is 3. The number of rotatable bonds is 7. The third-order valence-corrected chi connectivity index (χ3v) is 4.00. The number of carbonyl (C=O) groups is 1. The molecule has 0 radical (unpaired) electrons. The zero-order valence-corrected chi connectivity index (χ0v) is 14.5. The molecule has 0 saturated carbocycles. The number of aliphatic hydroxyl groups excluding tert-OH is 1. The van der Waals surface area contributed by atoms with E-state index in [0.29, 0.717) is 6.42 Å². The first-order valence-electron chi connectivity index (χ1n) is 7.53. The number of benzene rings is 2. The molecule has 0 aliphatic carbocycles. The van der Waals surface area contributed by atoms with Gasteiger partial charge in [-0.1, -0.05) is 60.7 Å². The summed E-state index contributed by atoms with van der Waals surface area (Å²) in [5.74, 6) is 0. The topological polar surface area (TPSA) is 58.6 Å². The van der Waals surface area contributed by atoms with Gasteiger partial charge >= 0.3 is 6.09 Å². The quantitative estimate of drug-likeness (QED) is 0.733. The molecule has 1 amide bonds.